The predicted molar refractivity (Wildman–Crippen MR) is 68.3 cm³/mol. The molecule has 0 aromatic heterocycles. The van der Waals surface area contributed by atoms with E-state index in [1.807, 2.05) is 13.8 Å². The van der Waals surface area contributed by atoms with Crippen molar-refractivity contribution in [2.45, 2.75) is 52.0 Å². The molecule has 100 valence electrons. The number of hydrogen-bond acceptors (Lipinski definition) is 3. The molecule has 4 nitrogen and oxygen atoms in total. The fraction of sp³-hybridized carbons (Fsp3) is 0.917. The highest BCUT2D eigenvalue weighted by Gasteiger charge is 2.29. The van der Waals surface area contributed by atoms with Crippen LogP contribution in [0.5, 0.6) is 0 Å². The molecule has 0 spiro atoms. The molecule has 0 aliphatic heterocycles. The van der Waals surface area contributed by atoms with E-state index in [0.29, 0.717) is 38.0 Å². The van der Waals surface area contributed by atoms with Gasteiger partial charge in [0.25, 0.3) is 0 Å². The lowest BCUT2D eigenvalue weighted by molar-refractivity contribution is -0.120. The van der Waals surface area contributed by atoms with E-state index in [4.69, 9.17) is 0 Å². The molecule has 17 heavy (non-hydrogen) atoms. The van der Waals surface area contributed by atoms with Gasteiger partial charge in [-0.25, -0.2) is 12.7 Å². The first-order valence-electron chi connectivity index (χ1n) is 6.30. The van der Waals surface area contributed by atoms with Crippen LogP contribution in [0.25, 0.3) is 0 Å². The van der Waals surface area contributed by atoms with Crippen LogP contribution in [-0.4, -0.2) is 37.3 Å². The summed E-state index contributed by atoms with van der Waals surface area (Å²) in [5, 5.41) is 0. The number of nitrogens with zero attached hydrogens (tertiary/aromatic N) is 1. The number of carbonyl (C=O) groups is 1. The number of ketones is 1. The van der Waals surface area contributed by atoms with E-state index in [9.17, 15) is 13.2 Å². The van der Waals surface area contributed by atoms with E-state index in [1.165, 1.54) is 4.31 Å². The van der Waals surface area contributed by atoms with Crippen LogP contribution >= 0.6 is 0 Å². The van der Waals surface area contributed by atoms with E-state index < -0.39 is 10.0 Å². The first-order valence-corrected chi connectivity index (χ1v) is 7.91. The van der Waals surface area contributed by atoms with Gasteiger partial charge in [0.2, 0.25) is 10.0 Å². The summed E-state index contributed by atoms with van der Waals surface area (Å²) in [5.74, 6) is 0.867. The fourth-order valence-corrected chi connectivity index (χ4v) is 3.77. The van der Waals surface area contributed by atoms with E-state index in [1.54, 1.807) is 7.05 Å². The molecule has 0 aromatic carbocycles. The summed E-state index contributed by atoms with van der Waals surface area (Å²) >= 11 is 0. The van der Waals surface area contributed by atoms with Crippen molar-refractivity contribution in [3.8, 4) is 0 Å². The first kappa shape index (κ1) is 14.6. The summed E-state index contributed by atoms with van der Waals surface area (Å²) in [7, 11) is -1.50. The van der Waals surface area contributed by atoms with E-state index in [0.717, 1.165) is 0 Å². The van der Waals surface area contributed by atoms with Crippen molar-refractivity contribution in [2.24, 2.45) is 5.92 Å². The third-order valence-electron chi connectivity index (χ3n) is 3.42. The Labute approximate surface area is 104 Å². The molecule has 0 heterocycles. The van der Waals surface area contributed by atoms with Crippen LogP contribution in [-0.2, 0) is 14.8 Å². The number of hydrogen-bond donors (Lipinski definition) is 0. The summed E-state index contributed by atoms with van der Waals surface area (Å²) in [4.78, 5) is 11.1. The first-order chi connectivity index (χ1) is 7.83. The summed E-state index contributed by atoms with van der Waals surface area (Å²) in [5.41, 5.74) is 0. The van der Waals surface area contributed by atoms with Crippen molar-refractivity contribution in [3.05, 3.63) is 0 Å². The van der Waals surface area contributed by atoms with Gasteiger partial charge >= 0.3 is 0 Å². The van der Waals surface area contributed by atoms with Crippen LogP contribution < -0.4 is 0 Å². The SMILES string of the molecule is CC(C)CCS(=O)(=O)N(C)C1CCC(=O)CC1. The molecular formula is C12H23NO3S. The minimum Gasteiger partial charge on any atom is -0.300 e. The van der Waals surface area contributed by atoms with Crippen LogP contribution in [0.4, 0.5) is 0 Å². The average molecular weight is 261 g/mol. The lowest BCUT2D eigenvalue weighted by Gasteiger charge is -2.30. The highest BCUT2D eigenvalue weighted by molar-refractivity contribution is 7.89. The van der Waals surface area contributed by atoms with E-state index >= 15 is 0 Å². The van der Waals surface area contributed by atoms with Crippen molar-refractivity contribution in [1.29, 1.82) is 0 Å². The molecule has 0 radical (unpaired) electrons. The Morgan fingerprint density at radius 2 is 1.82 bits per heavy atom. The summed E-state index contributed by atoms with van der Waals surface area (Å²) < 4.78 is 25.6. The summed E-state index contributed by atoms with van der Waals surface area (Å²) in [6.07, 6.45) is 3.09. The van der Waals surface area contributed by atoms with E-state index in [2.05, 4.69) is 0 Å². The van der Waals surface area contributed by atoms with Crippen LogP contribution in [0.15, 0.2) is 0 Å². The molecule has 0 unspecified atom stereocenters. The van der Waals surface area contributed by atoms with E-state index in [-0.39, 0.29) is 17.6 Å². The van der Waals surface area contributed by atoms with Crippen molar-refractivity contribution < 1.29 is 13.2 Å². The maximum Gasteiger partial charge on any atom is 0.214 e. The third-order valence-corrected chi connectivity index (χ3v) is 5.35. The summed E-state index contributed by atoms with van der Waals surface area (Å²) in [6.45, 7) is 4.05. The number of sulfonamides is 1. The smallest absolute Gasteiger partial charge is 0.214 e. The average Bonchev–Trinajstić information content (AvgIpc) is 2.27. The highest BCUT2D eigenvalue weighted by atomic mass is 32.2. The van der Waals surface area contributed by atoms with Gasteiger partial charge in [-0.2, -0.15) is 0 Å². The van der Waals surface area contributed by atoms with Crippen molar-refractivity contribution in [1.82, 2.24) is 4.31 Å². The molecule has 1 fully saturated rings. The minimum absolute atomic E-state index is 0.0184. The maximum absolute atomic E-state index is 12.1. The van der Waals surface area contributed by atoms with Gasteiger partial charge in [0, 0.05) is 25.9 Å². The van der Waals surface area contributed by atoms with Crippen molar-refractivity contribution in [2.75, 3.05) is 12.8 Å². The van der Waals surface area contributed by atoms with Crippen LogP contribution in [0, 0.1) is 5.92 Å². The highest BCUT2D eigenvalue weighted by Crippen LogP contribution is 2.22. The zero-order valence-corrected chi connectivity index (χ0v) is 11.8. The molecule has 1 aliphatic carbocycles. The zero-order chi connectivity index (χ0) is 13.1. The van der Waals surface area contributed by atoms with Gasteiger partial charge < -0.3 is 0 Å². The topological polar surface area (TPSA) is 54.5 Å². The molecule has 0 aromatic rings. The second-order valence-electron chi connectivity index (χ2n) is 5.28. The molecule has 0 saturated heterocycles. The Balaban J connectivity index is 2.56. The normalized spacial score (nSPS) is 19.2. The number of rotatable bonds is 5. The van der Waals surface area contributed by atoms with Crippen LogP contribution in [0.3, 0.4) is 0 Å². The van der Waals surface area contributed by atoms with Gasteiger partial charge in [-0.3, -0.25) is 4.79 Å². The predicted octanol–water partition coefficient (Wildman–Crippen LogP) is 1.81. The van der Waals surface area contributed by atoms with Crippen LogP contribution in [0.1, 0.15) is 46.0 Å². The quantitative estimate of drug-likeness (QED) is 0.758. The lowest BCUT2D eigenvalue weighted by Crippen LogP contribution is -2.40. The molecule has 0 amide bonds. The zero-order valence-electron chi connectivity index (χ0n) is 11.0. The second kappa shape index (κ2) is 5.96. The largest absolute Gasteiger partial charge is 0.300 e. The molecule has 1 saturated carbocycles. The van der Waals surface area contributed by atoms with Crippen molar-refractivity contribution >= 4 is 15.8 Å². The molecule has 1 aliphatic rings. The number of carbonyl (C=O) groups excluding carboxylic acids is 1. The van der Waals surface area contributed by atoms with Crippen LogP contribution in [0.2, 0.25) is 0 Å². The number of Topliss-reactive ketones (excluding diaryl/α,β-unsaturated/α-hetero) is 1. The van der Waals surface area contributed by atoms with Gasteiger partial charge in [0.15, 0.2) is 0 Å². The van der Waals surface area contributed by atoms with Crippen molar-refractivity contribution in [3.63, 3.8) is 0 Å². The standard InChI is InChI=1S/C12H23NO3S/c1-10(2)8-9-17(15,16)13(3)11-4-6-12(14)7-5-11/h10-11H,4-9H2,1-3H3. The molecule has 5 heteroatoms. The molecule has 1 rings (SSSR count). The monoisotopic (exact) mass is 261 g/mol. The Morgan fingerprint density at radius 1 is 1.29 bits per heavy atom. The molecular weight excluding hydrogens is 238 g/mol. The second-order valence-corrected chi connectivity index (χ2v) is 7.43. The Kier molecular flexibility index (Phi) is 5.13. The lowest BCUT2D eigenvalue weighted by atomic mass is 9.95. The molecule has 0 bridgehead atoms. The minimum atomic E-state index is -3.15. The van der Waals surface area contributed by atoms with Gasteiger partial charge in [0.05, 0.1) is 5.75 Å². The molecule has 0 atom stereocenters. The third kappa shape index (κ3) is 4.39. The van der Waals surface area contributed by atoms with Gasteiger partial charge in [-0.15, -0.1) is 0 Å². The van der Waals surface area contributed by atoms with Gasteiger partial charge in [-0.1, -0.05) is 13.8 Å². The fourth-order valence-electron chi connectivity index (χ4n) is 2.04. The Morgan fingerprint density at radius 3 is 2.29 bits per heavy atom. The Bertz CT molecular complexity index is 352. The maximum atomic E-state index is 12.1. The van der Waals surface area contributed by atoms with Gasteiger partial charge in [-0.05, 0) is 25.2 Å². The summed E-state index contributed by atoms with van der Waals surface area (Å²) in [6, 6.07) is 0.0184. The Hall–Kier alpha value is -0.420. The van der Waals surface area contributed by atoms with Gasteiger partial charge in [0.1, 0.15) is 5.78 Å². The molecule has 0 N–H and O–H groups in total.